The molecule has 0 spiro atoms. The maximum atomic E-state index is 2.50. The van der Waals surface area contributed by atoms with Gasteiger partial charge in [-0.15, -0.1) is 0 Å². The van der Waals surface area contributed by atoms with Crippen molar-refractivity contribution in [3.63, 3.8) is 0 Å². The Morgan fingerprint density at radius 3 is 2.40 bits per heavy atom. The van der Waals surface area contributed by atoms with Crippen molar-refractivity contribution < 1.29 is 0 Å². The molecule has 88 valence electrons. The predicted molar refractivity (Wildman–Crippen MR) is 69.1 cm³/mol. The molecule has 0 aromatic carbocycles. The Kier molecular flexibility index (Phi) is 7.69. The Labute approximate surface area is 96.2 Å². The molecule has 0 amide bonds. The second-order valence-corrected chi connectivity index (χ2v) is 5.03. The summed E-state index contributed by atoms with van der Waals surface area (Å²) in [6.45, 7) is 2.28. The van der Waals surface area contributed by atoms with E-state index >= 15 is 0 Å². The van der Waals surface area contributed by atoms with Gasteiger partial charge in [-0.25, -0.2) is 0 Å². The molecule has 0 nitrogen and oxygen atoms in total. The molecule has 1 saturated carbocycles. The molecular weight excluding hydrogens is 180 g/mol. The highest BCUT2D eigenvalue weighted by Crippen LogP contribution is 2.24. The van der Waals surface area contributed by atoms with Gasteiger partial charge >= 0.3 is 0 Å². The third-order valence-corrected chi connectivity index (χ3v) is 3.53. The van der Waals surface area contributed by atoms with Gasteiger partial charge in [0.15, 0.2) is 0 Å². The Morgan fingerprint density at radius 2 is 1.67 bits per heavy atom. The summed E-state index contributed by atoms with van der Waals surface area (Å²) in [5, 5.41) is 0. The monoisotopic (exact) mass is 208 g/mol. The van der Waals surface area contributed by atoms with Crippen LogP contribution in [0.5, 0.6) is 0 Å². The summed E-state index contributed by atoms with van der Waals surface area (Å²) in [4.78, 5) is 0. The molecule has 0 aromatic heterocycles. The standard InChI is InChI=1S/C15H28/c1-2-3-4-5-6-7-9-12-15-13-10-8-11-14-15/h9,12,15H,2-8,10-11,13-14H2,1H3/b12-9+. The summed E-state index contributed by atoms with van der Waals surface area (Å²) in [7, 11) is 0. The first-order chi connectivity index (χ1) is 7.43. The molecule has 0 bridgehead atoms. The quantitative estimate of drug-likeness (QED) is 0.384. The van der Waals surface area contributed by atoms with Gasteiger partial charge in [0.25, 0.3) is 0 Å². The lowest BCUT2D eigenvalue weighted by atomic mass is 9.89. The predicted octanol–water partition coefficient (Wildman–Crippen LogP) is 5.48. The van der Waals surface area contributed by atoms with Crippen molar-refractivity contribution >= 4 is 0 Å². The number of hydrogen-bond acceptors (Lipinski definition) is 0. The van der Waals surface area contributed by atoms with E-state index in [0.29, 0.717) is 0 Å². The van der Waals surface area contributed by atoms with E-state index in [0.717, 1.165) is 5.92 Å². The van der Waals surface area contributed by atoms with Gasteiger partial charge in [-0.1, -0.05) is 64.0 Å². The topological polar surface area (TPSA) is 0 Å². The van der Waals surface area contributed by atoms with Crippen molar-refractivity contribution in [1.29, 1.82) is 0 Å². The molecule has 1 rings (SSSR count). The minimum atomic E-state index is 0.925. The molecule has 0 heterocycles. The van der Waals surface area contributed by atoms with E-state index < -0.39 is 0 Å². The Balaban J connectivity index is 1.91. The maximum Gasteiger partial charge on any atom is -0.0234 e. The van der Waals surface area contributed by atoms with Crippen LogP contribution < -0.4 is 0 Å². The molecule has 0 aliphatic heterocycles. The average molecular weight is 208 g/mol. The van der Waals surface area contributed by atoms with Crippen molar-refractivity contribution in [2.75, 3.05) is 0 Å². The van der Waals surface area contributed by atoms with E-state index in [4.69, 9.17) is 0 Å². The lowest BCUT2D eigenvalue weighted by molar-refractivity contribution is 0.418. The first-order valence-electron chi connectivity index (χ1n) is 7.10. The fraction of sp³-hybridized carbons (Fsp3) is 0.867. The van der Waals surface area contributed by atoms with Crippen LogP contribution in [0.15, 0.2) is 12.2 Å². The molecule has 15 heavy (non-hydrogen) atoms. The molecule has 0 atom stereocenters. The van der Waals surface area contributed by atoms with Crippen LogP contribution >= 0.6 is 0 Å². The third-order valence-electron chi connectivity index (χ3n) is 3.53. The molecule has 0 saturated heterocycles. The van der Waals surface area contributed by atoms with Crippen molar-refractivity contribution in [3.05, 3.63) is 12.2 Å². The van der Waals surface area contributed by atoms with Crippen LogP contribution in [0, 0.1) is 5.92 Å². The summed E-state index contributed by atoms with van der Waals surface area (Å²) in [6.07, 6.45) is 20.6. The molecular formula is C15H28. The lowest BCUT2D eigenvalue weighted by Gasteiger charge is -2.17. The van der Waals surface area contributed by atoms with Crippen LogP contribution in [0.25, 0.3) is 0 Å². The van der Waals surface area contributed by atoms with Crippen molar-refractivity contribution in [2.45, 2.75) is 77.6 Å². The fourth-order valence-corrected chi connectivity index (χ4v) is 2.48. The van der Waals surface area contributed by atoms with E-state index in [1.165, 1.54) is 70.6 Å². The zero-order valence-electron chi connectivity index (χ0n) is 10.5. The molecule has 0 aromatic rings. The van der Waals surface area contributed by atoms with E-state index in [1.807, 2.05) is 0 Å². The van der Waals surface area contributed by atoms with Crippen LogP contribution in [0.3, 0.4) is 0 Å². The molecule has 0 unspecified atom stereocenters. The molecule has 0 radical (unpaired) electrons. The number of allylic oxidation sites excluding steroid dienone is 2. The Bertz CT molecular complexity index is 151. The summed E-state index contributed by atoms with van der Waals surface area (Å²) in [6, 6.07) is 0. The second-order valence-electron chi connectivity index (χ2n) is 5.03. The van der Waals surface area contributed by atoms with Crippen LogP contribution in [-0.2, 0) is 0 Å². The van der Waals surface area contributed by atoms with Gasteiger partial charge in [0.1, 0.15) is 0 Å². The first kappa shape index (κ1) is 12.8. The Hall–Kier alpha value is -0.260. The van der Waals surface area contributed by atoms with Gasteiger partial charge in [-0.05, 0) is 31.6 Å². The number of unbranched alkanes of at least 4 members (excludes halogenated alkanes) is 5. The molecule has 0 N–H and O–H groups in total. The first-order valence-corrected chi connectivity index (χ1v) is 7.10. The van der Waals surface area contributed by atoms with Gasteiger partial charge in [-0.2, -0.15) is 0 Å². The normalized spacial score (nSPS) is 18.7. The van der Waals surface area contributed by atoms with Gasteiger partial charge in [0.05, 0.1) is 0 Å². The minimum absolute atomic E-state index is 0.925. The van der Waals surface area contributed by atoms with Gasteiger partial charge < -0.3 is 0 Å². The number of rotatable bonds is 7. The second kappa shape index (κ2) is 9.00. The summed E-state index contributed by atoms with van der Waals surface area (Å²) in [5.74, 6) is 0.925. The van der Waals surface area contributed by atoms with E-state index in [2.05, 4.69) is 19.1 Å². The van der Waals surface area contributed by atoms with Crippen molar-refractivity contribution in [3.8, 4) is 0 Å². The Morgan fingerprint density at radius 1 is 0.933 bits per heavy atom. The SMILES string of the molecule is CCCCCCC/C=C/C1CCCCC1. The smallest absolute Gasteiger partial charge is 0.0234 e. The van der Waals surface area contributed by atoms with E-state index in [9.17, 15) is 0 Å². The molecule has 1 fully saturated rings. The van der Waals surface area contributed by atoms with E-state index in [1.54, 1.807) is 0 Å². The van der Waals surface area contributed by atoms with Crippen LogP contribution in [0.2, 0.25) is 0 Å². The van der Waals surface area contributed by atoms with E-state index in [-0.39, 0.29) is 0 Å². The fourth-order valence-electron chi connectivity index (χ4n) is 2.48. The minimum Gasteiger partial charge on any atom is -0.0883 e. The summed E-state index contributed by atoms with van der Waals surface area (Å²) >= 11 is 0. The highest BCUT2D eigenvalue weighted by molar-refractivity contribution is 4.89. The van der Waals surface area contributed by atoms with Gasteiger partial charge in [0, 0.05) is 0 Å². The molecule has 1 aliphatic carbocycles. The molecule has 1 aliphatic rings. The van der Waals surface area contributed by atoms with Gasteiger partial charge in [0.2, 0.25) is 0 Å². The lowest BCUT2D eigenvalue weighted by Crippen LogP contribution is -2.02. The summed E-state index contributed by atoms with van der Waals surface area (Å²) in [5.41, 5.74) is 0. The highest BCUT2D eigenvalue weighted by Gasteiger charge is 2.08. The van der Waals surface area contributed by atoms with Crippen LogP contribution in [0.1, 0.15) is 77.6 Å². The summed E-state index contributed by atoms with van der Waals surface area (Å²) < 4.78 is 0. The zero-order valence-corrected chi connectivity index (χ0v) is 10.5. The largest absolute Gasteiger partial charge is 0.0883 e. The highest BCUT2D eigenvalue weighted by atomic mass is 14.1. The third kappa shape index (κ3) is 6.76. The average Bonchev–Trinajstić information content (AvgIpc) is 2.29. The number of hydrogen-bond donors (Lipinski definition) is 0. The van der Waals surface area contributed by atoms with Crippen molar-refractivity contribution in [2.24, 2.45) is 5.92 Å². The van der Waals surface area contributed by atoms with Gasteiger partial charge in [-0.3, -0.25) is 0 Å². The van der Waals surface area contributed by atoms with Crippen LogP contribution in [0.4, 0.5) is 0 Å². The maximum absolute atomic E-state index is 2.50. The van der Waals surface area contributed by atoms with Crippen LogP contribution in [-0.4, -0.2) is 0 Å². The zero-order chi connectivity index (χ0) is 10.8. The molecule has 0 heteroatoms. The van der Waals surface area contributed by atoms with Crippen molar-refractivity contribution in [1.82, 2.24) is 0 Å².